The van der Waals surface area contributed by atoms with Gasteiger partial charge in [0.05, 0.1) is 11.1 Å². The van der Waals surface area contributed by atoms with Crippen LogP contribution in [-0.2, 0) is 19.1 Å². The molecular weight excluding hydrogens is 442 g/mol. The van der Waals surface area contributed by atoms with Gasteiger partial charge < -0.3 is 14.8 Å². The topological polar surface area (TPSA) is 122 Å². The van der Waals surface area contributed by atoms with Crippen molar-refractivity contribution >= 4 is 29.8 Å². The summed E-state index contributed by atoms with van der Waals surface area (Å²) in [7, 11) is 0. The number of hydrogen-bond acceptors (Lipinski definition) is 7. The van der Waals surface area contributed by atoms with Crippen molar-refractivity contribution in [3.05, 3.63) is 35.4 Å². The number of esters is 2. The largest absolute Gasteiger partial charge is 0.459 e. The maximum atomic E-state index is 13.3. The molecule has 1 unspecified atom stereocenters. The lowest BCUT2D eigenvalue weighted by molar-refractivity contribution is -0.158. The first kappa shape index (κ1) is 26.8. The number of benzene rings is 1. The Balaban J connectivity index is 2.38. The van der Waals surface area contributed by atoms with Crippen LogP contribution in [0.1, 0.15) is 76.1 Å². The van der Waals surface area contributed by atoms with Gasteiger partial charge in [0.25, 0.3) is 11.8 Å². The van der Waals surface area contributed by atoms with Crippen molar-refractivity contribution in [1.82, 2.24) is 15.3 Å². The molecule has 1 N–H and O–H groups in total. The normalized spacial score (nSPS) is 14.6. The number of carbonyl (C=O) groups excluding carboxylic acids is 5. The highest BCUT2D eigenvalue weighted by Gasteiger charge is 2.43. The summed E-state index contributed by atoms with van der Waals surface area (Å²) in [6.45, 7) is 12.7. The molecule has 1 aromatic carbocycles. The van der Waals surface area contributed by atoms with Gasteiger partial charge in [-0.2, -0.15) is 5.01 Å². The van der Waals surface area contributed by atoms with Crippen molar-refractivity contribution in [3.63, 3.8) is 0 Å². The van der Waals surface area contributed by atoms with E-state index >= 15 is 0 Å². The van der Waals surface area contributed by atoms with Gasteiger partial charge in [-0.1, -0.05) is 26.0 Å². The fourth-order valence-corrected chi connectivity index (χ4v) is 3.20. The molecule has 34 heavy (non-hydrogen) atoms. The fourth-order valence-electron chi connectivity index (χ4n) is 3.20. The van der Waals surface area contributed by atoms with Crippen molar-refractivity contribution in [3.8, 4) is 0 Å². The van der Waals surface area contributed by atoms with E-state index in [0.717, 1.165) is 0 Å². The van der Waals surface area contributed by atoms with Gasteiger partial charge in [0, 0.05) is 0 Å². The fraction of sp³-hybridized carbons (Fsp3) is 0.542. The van der Waals surface area contributed by atoms with Crippen LogP contribution in [0.5, 0.6) is 0 Å². The number of urea groups is 1. The Hall–Kier alpha value is -3.43. The van der Waals surface area contributed by atoms with Gasteiger partial charge in [0.15, 0.2) is 0 Å². The first-order valence-electron chi connectivity index (χ1n) is 11.0. The van der Waals surface area contributed by atoms with E-state index in [4.69, 9.17) is 9.47 Å². The van der Waals surface area contributed by atoms with Crippen LogP contribution in [0, 0.1) is 5.92 Å². The average Bonchev–Trinajstić information content (AvgIpc) is 2.92. The highest BCUT2D eigenvalue weighted by atomic mass is 16.6. The van der Waals surface area contributed by atoms with Gasteiger partial charge in [-0.05, 0) is 59.6 Å². The monoisotopic (exact) mass is 475 g/mol. The molecule has 1 aliphatic rings. The van der Waals surface area contributed by atoms with E-state index in [9.17, 15) is 24.0 Å². The van der Waals surface area contributed by atoms with Gasteiger partial charge in [-0.3, -0.25) is 14.4 Å². The van der Waals surface area contributed by atoms with Crippen LogP contribution in [0.4, 0.5) is 4.79 Å². The second-order valence-electron chi connectivity index (χ2n) is 10.3. The summed E-state index contributed by atoms with van der Waals surface area (Å²) in [5.41, 5.74) is -1.46. The van der Waals surface area contributed by atoms with Gasteiger partial charge in [0.1, 0.15) is 23.8 Å². The van der Waals surface area contributed by atoms with Crippen LogP contribution < -0.4 is 5.32 Å². The average molecular weight is 476 g/mol. The van der Waals surface area contributed by atoms with E-state index < -0.39 is 53.6 Å². The molecule has 10 heteroatoms. The quantitative estimate of drug-likeness (QED) is 0.496. The Labute approximate surface area is 199 Å². The van der Waals surface area contributed by atoms with Crippen molar-refractivity contribution in [2.75, 3.05) is 6.54 Å². The molecule has 0 radical (unpaired) electrons. The highest BCUT2D eigenvalue weighted by molar-refractivity contribution is 6.21. The molecule has 1 aromatic rings. The van der Waals surface area contributed by atoms with Crippen LogP contribution >= 0.6 is 0 Å². The van der Waals surface area contributed by atoms with Crippen LogP contribution in [0.15, 0.2) is 24.3 Å². The van der Waals surface area contributed by atoms with Crippen molar-refractivity contribution < 1.29 is 33.4 Å². The number of carbonyl (C=O) groups is 5. The second kappa shape index (κ2) is 9.82. The summed E-state index contributed by atoms with van der Waals surface area (Å²) >= 11 is 0. The number of nitrogens with one attached hydrogen (secondary N) is 1. The Morgan fingerprint density at radius 3 is 1.79 bits per heavy atom. The third kappa shape index (κ3) is 6.55. The predicted molar refractivity (Wildman–Crippen MR) is 122 cm³/mol. The lowest BCUT2D eigenvalue weighted by atomic mass is 10.0. The van der Waals surface area contributed by atoms with E-state index in [-0.39, 0.29) is 17.0 Å². The lowest BCUT2D eigenvalue weighted by Crippen LogP contribution is -2.59. The molecule has 0 spiro atoms. The van der Waals surface area contributed by atoms with E-state index in [2.05, 4.69) is 5.32 Å². The minimum absolute atomic E-state index is 0.0991. The first-order chi connectivity index (χ1) is 15.5. The smallest absolute Gasteiger partial charge is 0.338 e. The zero-order valence-electron chi connectivity index (χ0n) is 20.9. The van der Waals surface area contributed by atoms with E-state index in [0.29, 0.717) is 10.0 Å². The van der Waals surface area contributed by atoms with Gasteiger partial charge in [0.2, 0.25) is 0 Å². The van der Waals surface area contributed by atoms with E-state index in [1.807, 2.05) is 0 Å². The SMILES string of the molecule is CC(C)C(NC(=O)N(CC(=O)OC(C)(C)C)N1C(=O)c2ccccc2C1=O)C(=O)OC(C)(C)C. The van der Waals surface area contributed by atoms with E-state index in [1.165, 1.54) is 12.1 Å². The number of rotatable bonds is 6. The van der Waals surface area contributed by atoms with Gasteiger partial charge in [-0.25, -0.2) is 14.6 Å². The summed E-state index contributed by atoms with van der Waals surface area (Å²) in [5, 5.41) is 3.77. The van der Waals surface area contributed by atoms with Gasteiger partial charge in [-0.15, -0.1) is 0 Å². The number of fused-ring (bicyclic) bond motifs is 1. The zero-order valence-corrected chi connectivity index (χ0v) is 20.9. The number of ether oxygens (including phenoxy) is 2. The number of hydrazine groups is 1. The Morgan fingerprint density at radius 1 is 0.912 bits per heavy atom. The van der Waals surface area contributed by atoms with Crippen molar-refractivity contribution in [2.45, 2.75) is 72.6 Å². The third-order valence-corrected chi connectivity index (χ3v) is 4.55. The molecule has 1 aliphatic heterocycles. The third-order valence-electron chi connectivity index (χ3n) is 4.55. The molecule has 0 bridgehead atoms. The molecule has 1 heterocycles. The standard InChI is InChI=1S/C24H33N3O7/c1-14(2)18(21(31)34-24(6,7)8)25-22(32)26(13-17(28)33-23(3,4)5)27-19(29)15-11-9-10-12-16(15)20(27)30/h9-12,14,18H,13H2,1-8H3,(H,25,32). The molecule has 10 nitrogen and oxygen atoms in total. The Kier molecular flexibility index (Phi) is 7.75. The Bertz CT molecular complexity index is 954. The molecule has 186 valence electrons. The summed E-state index contributed by atoms with van der Waals surface area (Å²) in [4.78, 5) is 64.6. The highest BCUT2D eigenvalue weighted by Crippen LogP contribution is 2.25. The predicted octanol–water partition coefficient (Wildman–Crippen LogP) is 2.92. The van der Waals surface area contributed by atoms with Crippen LogP contribution in [0.2, 0.25) is 0 Å². The maximum Gasteiger partial charge on any atom is 0.338 e. The number of amides is 4. The van der Waals surface area contributed by atoms with Crippen molar-refractivity contribution in [1.29, 1.82) is 0 Å². The number of nitrogens with zero attached hydrogens (tertiary/aromatic N) is 2. The molecule has 0 saturated heterocycles. The number of imide groups is 1. The molecule has 0 saturated carbocycles. The molecule has 4 amide bonds. The first-order valence-corrected chi connectivity index (χ1v) is 11.0. The molecular formula is C24H33N3O7. The molecule has 0 fully saturated rings. The summed E-state index contributed by atoms with van der Waals surface area (Å²) in [5.74, 6) is -3.44. The summed E-state index contributed by atoms with van der Waals surface area (Å²) in [6.07, 6.45) is 0. The van der Waals surface area contributed by atoms with Crippen LogP contribution in [-0.4, -0.2) is 63.6 Å². The second-order valence-corrected chi connectivity index (χ2v) is 10.3. The minimum atomic E-state index is -1.09. The minimum Gasteiger partial charge on any atom is -0.459 e. The van der Waals surface area contributed by atoms with E-state index in [1.54, 1.807) is 67.5 Å². The number of hydrogen-bond donors (Lipinski definition) is 1. The Morgan fingerprint density at radius 2 is 1.38 bits per heavy atom. The molecule has 1 atom stereocenters. The maximum absolute atomic E-state index is 13.3. The van der Waals surface area contributed by atoms with Crippen molar-refractivity contribution in [2.24, 2.45) is 5.92 Å². The molecule has 0 aliphatic carbocycles. The van der Waals surface area contributed by atoms with Crippen LogP contribution in [0.25, 0.3) is 0 Å². The zero-order chi connectivity index (χ0) is 26.0. The summed E-state index contributed by atoms with van der Waals surface area (Å²) in [6, 6.07) is 3.99. The molecule has 2 rings (SSSR count). The summed E-state index contributed by atoms with van der Waals surface area (Å²) < 4.78 is 10.7. The molecule has 0 aromatic heterocycles. The van der Waals surface area contributed by atoms with Gasteiger partial charge >= 0.3 is 18.0 Å². The lowest BCUT2D eigenvalue weighted by Gasteiger charge is -2.33. The van der Waals surface area contributed by atoms with Crippen LogP contribution in [0.3, 0.4) is 0 Å².